The lowest BCUT2D eigenvalue weighted by Gasteiger charge is -2.38. The molecule has 1 amide bonds. The summed E-state index contributed by atoms with van der Waals surface area (Å²) in [6.07, 6.45) is 0. The van der Waals surface area contributed by atoms with Crippen LogP contribution in [-0.2, 0) is 6.54 Å². The first kappa shape index (κ1) is 18.4. The van der Waals surface area contributed by atoms with Crippen molar-refractivity contribution in [2.24, 2.45) is 0 Å². The molecule has 0 saturated carbocycles. The fraction of sp³-hybridized carbons (Fsp3) is 0.0714. The van der Waals surface area contributed by atoms with Gasteiger partial charge in [0.25, 0.3) is 5.91 Å². The van der Waals surface area contributed by atoms with Gasteiger partial charge in [-0.05, 0) is 35.9 Å². The summed E-state index contributed by atoms with van der Waals surface area (Å²) >= 11 is 0. The second-order valence-corrected chi connectivity index (χ2v) is 4.91. The highest BCUT2D eigenvalue weighted by molar-refractivity contribution is 5.96. The van der Waals surface area contributed by atoms with Crippen LogP contribution in [0.4, 0.5) is 17.1 Å². The summed E-state index contributed by atoms with van der Waals surface area (Å²) in [7, 11) is 0. The van der Waals surface area contributed by atoms with Gasteiger partial charge in [-0.25, -0.2) is 0 Å². The van der Waals surface area contributed by atoms with Crippen molar-refractivity contribution >= 4 is 23.0 Å². The molecule has 0 unspecified atom stereocenters. The maximum atomic E-state index is 12.1. The smallest absolute Gasteiger partial charge is 0.251 e. The summed E-state index contributed by atoms with van der Waals surface area (Å²) in [5, 5.41) is 60.2. The Kier molecular flexibility index (Phi) is 5.71. The van der Waals surface area contributed by atoms with E-state index in [9.17, 15) is 20.4 Å². The van der Waals surface area contributed by atoms with Gasteiger partial charge in [-0.15, -0.1) is 5.23 Å². The molecule has 0 spiro atoms. The van der Waals surface area contributed by atoms with Crippen molar-refractivity contribution in [1.29, 1.82) is 0 Å². The van der Waals surface area contributed by atoms with Gasteiger partial charge >= 0.3 is 0 Å². The molecule has 2 aromatic carbocycles. The summed E-state index contributed by atoms with van der Waals surface area (Å²) in [6, 6.07) is 8.63. The Balaban J connectivity index is 2.12. The fourth-order valence-corrected chi connectivity index (χ4v) is 1.97. The molecule has 134 valence electrons. The predicted molar refractivity (Wildman–Crippen MR) is 87.0 cm³/mol. The van der Waals surface area contributed by atoms with Crippen molar-refractivity contribution in [3.8, 4) is 0 Å². The number of nitrogens with zero attached hydrogens (tertiary/aromatic N) is 3. The first-order valence-corrected chi connectivity index (χ1v) is 6.78. The van der Waals surface area contributed by atoms with Crippen LogP contribution in [0.1, 0.15) is 15.9 Å². The summed E-state index contributed by atoms with van der Waals surface area (Å²) < 4.78 is 0. The van der Waals surface area contributed by atoms with E-state index in [0.717, 1.165) is 18.2 Å². The summed E-state index contributed by atoms with van der Waals surface area (Å²) in [5.41, 5.74) is -0.351. The maximum absolute atomic E-state index is 12.1. The van der Waals surface area contributed by atoms with Gasteiger partial charge in [0.05, 0.1) is 11.4 Å². The molecule has 0 aliphatic carbocycles. The van der Waals surface area contributed by atoms with E-state index in [1.54, 1.807) is 0 Å². The Labute approximate surface area is 141 Å². The number of anilines is 3. The highest BCUT2D eigenvalue weighted by Crippen LogP contribution is 2.23. The minimum absolute atomic E-state index is 0.0179. The Morgan fingerprint density at radius 1 is 0.920 bits per heavy atom. The zero-order chi connectivity index (χ0) is 18.6. The first-order chi connectivity index (χ1) is 11.8. The Bertz CT molecular complexity index is 708. The van der Waals surface area contributed by atoms with E-state index in [2.05, 4.69) is 5.32 Å². The lowest BCUT2D eigenvalue weighted by Crippen LogP contribution is -2.24. The van der Waals surface area contributed by atoms with Crippen molar-refractivity contribution in [3.05, 3.63) is 69.2 Å². The van der Waals surface area contributed by atoms with Crippen LogP contribution in [-0.4, -0.2) is 21.5 Å². The molecule has 11 nitrogen and oxygen atoms in total. The molecule has 25 heavy (non-hydrogen) atoms. The van der Waals surface area contributed by atoms with Crippen molar-refractivity contribution in [2.45, 2.75) is 6.54 Å². The van der Waals surface area contributed by atoms with Crippen LogP contribution in [0.15, 0.2) is 42.5 Å². The topological polar surface area (TPSA) is 169 Å². The van der Waals surface area contributed by atoms with Crippen LogP contribution in [0.5, 0.6) is 0 Å². The van der Waals surface area contributed by atoms with Crippen LogP contribution in [0.2, 0.25) is 0 Å². The molecule has 0 atom stereocenters. The van der Waals surface area contributed by atoms with Crippen LogP contribution in [0.25, 0.3) is 0 Å². The SMILES string of the molecule is O=C(NCc1ccc(N([O-])O)cc1)c1cc(N([O-])[O-])cc(N(O)O)c1. The number of amides is 1. The Hall–Kier alpha value is -2.93. The van der Waals surface area contributed by atoms with E-state index in [1.807, 2.05) is 0 Å². The number of benzene rings is 2. The molecule has 0 aromatic heterocycles. The van der Waals surface area contributed by atoms with Crippen LogP contribution < -0.4 is 21.0 Å². The molecule has 0 saturated heterocycles. The highest BCUT2D eigenvalue weighted by Gasteiger charge is 2.11. The molecule has 0 radical (unpaired) electrons. The van der Waals surface area contributed by atoms with Gasteiger partial charge in [-0.1, -0.05) is 12.1 Å². The predicted octanol–water partition coefficient (Wildman–Crippen LogP) is 1.70. The molecule has 0 fully saturated rings. The van der Waals surface area contributed by atoms with Crippen LogP contribution in [0.3, 0.4) is 0 Å². The van der Waals surface area contributed by atoms with Gasteiger partial charge < -0.3 is 31.4 Å². The third kappa shape index (κ3) is 4.77. The standard InChI is InChI=1S/C14H13N4O7/c19-14(15-8-9-1-3-11(4-2-9)16(20)21)10-5-12(17(22)23)7-13(6-10)18(24)25/h1-7,20,22-23H,8H2,(H,15,19)/q-3. The number of nitrogens with one attached hydrogen (secondary N) is 1. The Morgan fingerprint density at radius 3 is 2.04 bits per heavy atom. The van der Waals surface area contributed by atoms with Gasteiger partial charge in [0, 0.05) is 17.8 Å². The molecule has 2 rings (SSSR count). The van der Waals surface area contributed by atoms with E-state index in [0.29, 0.717) is 5.56 Å². The number of carbonyl (C=O) groups excluding carboxylic acids is 1. The second kappa shape index (κ2) is 7.76. The van der Waals surface area contributed by atoms with Gasteiger partial charge in [0.2, 0.25) is 0 Å². The molecule has 0 bridgehead atoms. The molecule has 0 aliphatic rings. The third-order valence-electron chi connectivity index (χ3n) is 3.22. The summed E-state index contributed by atoms with van der Waals surface area (Å²) in [6.45, 7) is 0.0450. The average Bonchev–Trinajstić information content (AvgIpc) is 2.59. The average molecular weight is 349 g/mol. The molecule has 0 aliphatic heterocycles. The van der Waals surface area contributed by atoms with E-state index in [-0.39, 0.29) is 33.9 Å². The van der Waals surface area contributed by atoms with Crippen molar-refractivity contribution in [2.75, 3.05) is 15.7 Å². The maximum Gasteiger partial charge on any atom is 0.251 e. The monoisotopic (exact) mass is 349 g/mol. The molecular formula is C14H13N4O7-3. The highest BCUT2D eigenvalue weighted by atomic mass is 16.8. The lowest BCUT2D eigenvalue weighted by atomic mass is 10.1. The van der Waals surface area contributed by atoms with Crippen LogP contribution in [0, 0.1) is 15.6 Å². The zero-order valence-electron chi connectivity index (χ0n) is 12.6. The number of rotatable bonds is 6. The molecule has 0 heterocycles. The quantitative estimate of drug-likeness (QED) is 0.563. The fourth-order valence-electron chi connectivity index (χ4n) is 1.97. The van der Waals surface area contributed by atoms with E-state index >= 15 is 0 Å². The molecule has 11 heteroatoms. The van der Waals surface area contributed by atoms with Crippen LogP contribution >= 0.6 is 0 Å². The summed E-state index contributed by atoms with van der Waals surface area (Å²) in [4.78, 5) is 12.1. The first-order valence-electron chi connectivity index (χ1n) is 6.78. The van der Waals surface area contributed by atoms with E-state index in [4.69, 9.17) is 15.6 Å². The minimum atomic E-state index is -0.772. The minimum Gasteiger partial charge on any atom is -0.769 e. The van der Waals surface area contributed by atoms with E-state index < -0.39 is 16.8 Å². The lowest BCUT2D eigenvalue weighted by molar-refractivity contribution is 0.0291. The second-order valence-electron chi connectivity index (χ2n) is 4.91. The largest absolute Gasteiger partial charge is 0.769 e. The number of carbonyl (C=O) groups is 1. The van der Waals surface area contributed by atoms with E-state index in [1.165, 1.54) is 24.3 Å². The number of hydrogen-bond donors (Lipinski definition) is 4. The molecular weight excluding hydrogens is 336 g/mol. The van der Waals surface area contributed by atoms with Gasteiger partial charge in [-0.3, -0.25) is 20.4 Å². The summed E-state index contributed by atoms with van der Waals surface area (Å²) in [5.74, 6) is -0.677. The van der Waals surface area contributed by atoms with Crippen molar-refractivity contribution in [1.82, 2.24) is 5.32 Å². The van der Waals surface area contributed by atoms with Gasteiger partial charge in [0.1, 0.15) is 0 Å². The zero-order valence-corrected chi connectivity index (χ0v) is 12.6. The normalized spacial score (nSPS) is 10.3. The third-order valence-corrected chi connectivity index (χ3v) is 3.22. The number of hydrogen-bond acceptors (Lipinski definition) is 10. The Morgan fingerprint density at radius 2 is 1.52 bits per heavy atom. The van der Waals surface area contributed by atoms with Crippen molar-refractivity contribution in [3.63, 3.8) is 0 Å². The molecule has 2 aromatic rings. The van der Waals surface area contributed by atoms with Gasteiger partial charge in [0.15, 0.2) is 0 Å². The van der Waals surface area contributed by atoms with Gasteiger partial charge in [-0.2, -0.15) is 0 Å². The molecule has 4 N–H and O–H groups in total. The van der Waals surface area contributed by atoms with Crippen molar-refractivity contribution < 1.29 is 20.4 Å².